The summed E-state index contributed by atoms with van der Waals surface area (Å²) in [5.74, 6) is -1.18. The maximum atomic E-state index is 12.2. The molecule has 1 aliphatic carbocycles. The fourth-order valence-corrected chi connectivity index (χ4v) is 2.12. The molecule has 0 heterocycles. The third-order valence-electron chi connectivity index (χ3n) is 3.55. The van der Waals surface area contributed by atoms with E-state index in [9.17, 15) is 9.59 Å². The average molecular weight is 272 g/mol. The van der Waals surface area contributed by atoms with Crippen LogP contribution in [0.2, 0.25) is 0 Å². The van der Waals surface area contributed by atoms with Crippen LogP contribution in [0, 0.1) is 5.92 Å². The molecule has 1 rings (SSSR count). The fraction of sp³-hybridized carbons (Fsp3) is 0.846. The van der Waals surface area contributed by atoms with E-state index in [1.807, 2.05) is 0 Å². The largest absolute Gasteiger partial charge is 0.480 e. The highest BCUT2D eigenvalue weighted by molar-refractivity contribution is 5.83. The molecule has 3 N–H and O–H groups in total. The maximum absolute atomic E-state index is 12.2. The summed E-state index contributed by atoms with van der Waals surface area (Å²) in [5, 5.41) is 20.5. The van der Waals surface area contributed by atoms with Gasteiger partial charge in [-0.1, -0.05) is 13.8 Å². The van der Waals surface area contributed by atoms with Crippen molar-refractivity contribution >= 4 is 12.0 Å². The smallest absolute Gasteiger partial charge is 0.326 e. The first-order valence-corrected chi connectivity index (χ1v) is 6.88. The molecule has 2 amide bonds. The Kier molecular flexibility index (Phi) is 6.08. The Morgan fingerprint density at radius 3 is 2.37 bits per heavy atom. The van der Waals surface area contributed by atoms with Gasteiger partial charge < -0.3 is 20.4 Å². The Morgan fingerprint density at radius 2 is 2.00 bits per heavy atom. The van der Waals surface area contributed by atoms with Crippen molar-refractivity contribution in [1.82, 2.24) is 10.2 Å². The zero-order valence-electron chi connectivity index (χ0n) is 11.6. The second-order valence-corrected chi connectivity index (χ2v) is 5.36. The molecule has 6 heteroatoms. The van der Waals surface area contributed by atoms with Gasteiger partial charge in [0.2, 0.25) is 0 Å². The molecule has 0 radical (unpaired) electrons. The van der Waals surface area contributed by atoms with Gasteiger partial charge in [0.1, 0.15) is 6.04 Å². The second-order valence-electron chi connectivity index (χ2n) is 5.36. The van der Waals surface area contributed by atoms with E-state index in [1.165, 1.54) is 0 Å². The third-order valence-corrected chi connectivity index (χ3v) is 3.55. The molecule has 0 aromatic heterocycles. The first kappa shape index (κ1) is 15.8. The van der Waals surface area contributed by atoms with E-state index in [-0.39, 0.29) is 24.6 Å². The molecule has 0 bridgehead atoms. The first-order chi connectivity index (χ1) is 8.97. The van der Waals surface area contributed by atoms with Crippen LogP contribution in [0.5, 0.6) is 0 Å². The van der Waals surface area contributed by atoms with Gasteiger partial charge in [-0.05, 0) is 31.6 Å². The summed E-state index contributed by atoms with van der Waals surface area (Å²) in [6, 6.07) is -1.02. The lowest BCUT2D eigenvalue weighted by Gasteiger charge is -2.38. The van der Waals surface area contributed by atoms with E-state index < -0.39 is 12.0 Å². The molecule has 0 aromatic rings. The Bertz CT molecular complexity index is 316. The van der Waals surface area contributed by atoms with Crippen molar-refractivity contribution < 1.29 is 19.8 Å². The minimum atomic E-state index is -1.01. The number of amides is 2. The van der Waals surface area contributed by atoms with Gasteiger partial charge in [0.05, 0.1) is 0 Å². The molecule has 1 saturated carbocycles. The standard InChI is InChI=1S/C13H24N2O4/c1-9(2)11(12(17)18)14-13(19)15(7-4-8-16)10-5-3-6-10/h9-11,16H,3-8H2,1-2H3,(H,14,19)(H,17,18)/t11-/m1/s1. The highest BCUT2D eigenvalue weighted by atomic mass is 16.4. The van der Waals surface area contributed by atoms with Crippen molar-refractivity contribution in [3.05, 3.63) is 0 Å². The van der Waals surface area contributed by atoms with Crippen LogP contribution >= 0.6 is 0 Å². The van der Waals surface area contributed by atoms with Crippen LogP contribution in [-0.2, 0) is 4.79 Å². The molecule has 19 heavy (non-hydrogen) atoms. The number of urea groups is 1. The predicted molar refractivity (Wildman–Crippen MR) is 70.8 cm³/mol. The van der Waals surface area contributed by atoms with Gasteiger partial charge in [-0.2, -0.15) is 0 Å². The number of hydrogen-bond donors (Lipinski definition) is 3. The van der Waals surface area contributed by atoms with E-state index in [2.05, 4.69) is 5.32 Å². The summed E-state index contributed by atoms with van der Waals surface area (Å²) in [7, 11) is 0. The van der Waals surface area contributed by atoms with E-state index in [0.717, 1.165) is 19.3 Å². The number of nitrogens with zero attached hydrogens (tertiary/aromatic N) is 1. The van der Waals surface area contributed by atoms with Crippen molar-refractivity contribution in [3.8, 4) is 0 Å². The number of aliphatic hydroxyl groups is 1. The van der Waals surface area contributed by atoms with E-state index >= 15 is 0 Å². The topological polar surface area (TPSA) is 89.9 Å². The lowest BCUT2D eigenvalue weighted by molar-refractivity contribution is -0.140. The number of carbonyl (C=O) groups excluding carboxylic acids is 1. The molecule has 0 aliphatic heterocycles. The second kappa shape index (κ2) is 7.33. The fourth-order valence-electron chi connectivity index (χ4n) is 2.12. The number of carboxylic acid groups (broad SMARTS) is 1. The number of hydrogen-bond acceptors (Lipinski definition) is 3. The van der Waals surface area contributed by atoms with Gasteiger partial charge in [-0.15, -0.1) is 0 Å². The normalized spacial score (nSPS) is 16.8. The molecule has 0 spiro atoms. The molecular weight excluding hydrogens is 248 g/mol. The Morgan fingerprint density at radius 1 is 1.37 bits per heavy atom. The number of nitrogens with one attached hydrogen (secondary N) is 1. The van der Waals surface area contributed by atoms with E-state index in [1.54, 1.807) is 18.7 Å². The van der Waals surface area contributed by atoms with Crippen molar-refractivity contribution in [2.45, 2.75) is 51.6 Å². The Balaban J connectivity index is 2.61. The SMILES string of the molecule is CC(C)[C@@H](NC(=O)N(CCCO)C1CCC1)C(=O)O. The minimum absolute atomic E-state index is 0.0308. The van der Waals surface area contributed by atoms with Gasteiger partial charge >= 0.3 is 12.0 Å². The van der Waals surface area contributed by atoms with Crippen LogP contribution < -0.4 is 5.32 Å². The lowest BCUT2D eigenvalue weighted by Crippen LogP contribution is -2.54. The van der Waals surface area contributed by atoms with Crippen LogP contribution in [0.15, 0.2) is 0 Å². The van der Waals surface area contributed by atoms with E-state index in [4.69, 9.17) is 10.2 Å². The molecule has 0 saturated heterocycles. The van der Waals surface area contributed by atoms with Crippen LogP contribution in [0.3, 0.4) is 0 Å². The number of aliphatic carboxylic acids is 1. The van der Waals surface area contributed by atoms with Gasteiger partial charge in [-0.25, -0.2) is 9.59 Å². The van der Waals surface area contributed by atoms with Crippen LogP contribution in [-0.4, -0.2) is 52.3 Å². The quantitative estimate of drug-likeness (QED) is 0.646. The van der Waals surface area contributed by atoms with Crippen molar-refractivity contribution in [2.75, 3.05) is 13.2 Å². The highest BCUT2D eigenvalue weighted by Crippen LogP contribution is 2.25. The first-order valence-electron chi connectivity index (χ1n) is 6.88. The molecule has 0 unspecified atom stereocenters. The summed E-state index contributed by atoms with van der Waals surface area (Å²) in [6.07, 6.45) is 3.53. The van der Waals surface area contributed by atoms with Crippen molar-refractivity contribution in [3.63, 3.8) is 0 Å². The Hall–Kier alpha value is -1.30. The van der Waals surface area contributed by atoms with Gasteiger partial charge in [0.25, 0.3) is 0 Å². The number of carboxylic acids is 1. The van der Waals surface area contributed by atoms with Crippen molar-refractivity contribution in [1.29, 1.82) is 0 Å². The summed E-state index contributed by atoms with van der Waals surface area (Å²) in [5.41, 5.74) is 0. The van der Waals surface area contributed by atoms with Gasteiger partial charge in [0.15, 0.2) is 0 Å². The zero-order valence-corrected chi connectivity index (χ0v) is 11.6. The predicted octanol–water partition coefficient (Wildman–Crippen LogP) is 1.04. The highest BCUT2D eigenvalue weighted by Gasteiger charge is 2.31. The van der Waals surface area contributed by atoms with E-state index in [0.29, 0.717) is 13.0 Å². The van der Waals surface area contributed by atoms with Crippen molar-refractivity contribution in [2.24, 2.45) is 5.92 Å². The molecule has 1 fully saturated rings. The minimum Gasteiger partial charge on any atom is -0.480 e. The average Bonchev–Trinajstić information content (AvgIpc) is 2.27. The lowest BCUT2D eigenvalue weighted by atomic mass is 9.91. The van der Waals surface area contributed by atoms with Gasteiger partial charge in [-0.3, -0.25) is 0 Å². The molecule has 6 nitrogen and oxygen atoms in total. The summed E-state index contributed by atoms with van der Waals surface area (Å²) >= 11 is 0. The molecule has 1 atom stereocenters. The summed E-state index contributed by atoms with van der Waals surface area (Å²) < 4.78 is 0. The summed E-state index contributed by atoms with van der Waals surface area (Å²) in [6.45, 7) is 4.03. The number of carbonyl (C=O) groups is 2. The van der Waals surface area contributed by atoms with Gasteiger partial charge in [0, 0.05) is 19.2 Å². The summed E-state index contributed by atoms with van der Waals surface area (Å²) in [4.78, 5) is 24.9. The van der Waals surface area contributed by atoms with Crippen LogP contribution in [0.1, 0.15) is 39.5 Å². The molecule has 1 aliphatic rings. The van der Waals surface area contributed by atoms with Crippen LogP contribution in [0.25, 0.3) is 0 Å². The monoisotopic (exact) mass is 272 g/mol. The van der Waals surface area contributed by atoms with Crippen LogP contribution in [0.4, 0.5) is 4.79 Å². The number of rotatable bonds is 7. The molecule has 110 valence electrons. The molecular formula is C13H24N2O4. The number of aliphatic hydroxyl groups excluding tert-OH is 1. The maximum Gasteiger partial charge on any atom is 0.326 e. The Labute approximate surface area is 113 Å². The third kappa shape index (κ3) is 4.38. The molecule has 0 aromatic carbocycles. The zero-order chi connectivity index (χ0) is 14.4.